The number of hydrogen-bond donors (Lipinski definition) is 1. The van der Waals surface area contributed by atoms with Gasteiger partial charge in [-0.3, -0.25) is 4.84 Å². The number of nitrogens with one attached hydrogen (secondary N) is 1. The van der Waals surface area contributed by atoms with E-state index in [0.29, 0.717) is 12.5 Å². The second kappa shape index (κ2) is 5.59. The van der Waals surface area contributed by atoms with E-state index in [4.69, 9.17) is 9.57 Å². The summed E-state index contributed by atoms with van der Waals surface area (Å²) in [6.07, 6.45) is 0.729. The van der Waals surface area contributed by atoms with Crippen molar-refractivity contribution >= 4 is 6.09 Å². The van der Waals surface area contributed by atoms with Crippen LogP contribution in [-0.4, -0.2) is 36.9 Å². The molecular formula is C14H18N2O3. The minimum absolute atomic E-state index is 0.0942. The molecule has 0 radical (unpaired) electrons. The molecular weight excluding hydrogens is 244 g/mol. The van der Waals surface area contributed by atoms with E-state index in [2.05, 4.69) is 5.32 Å². The average molecular weight is 262 g/mol. The van der Waals surface area contributed by atoms with Crippen molar-refractivity contribution in [2.75, 3.05) is 19.6 Å². The molecule has 2 unspecified atom stereocenters. The van der Waals surface area contributed by atoms with Gasteiger partial charge in [0.05, 0.1) is 12.6 Å². The smallest absolute Gasteiger partial charge is 0.434 e. The lowest BCUT2D eigenvalue weighted by molar-refractivity contribution is -0.217. The van der Waals surface area contributed by atoms with Crippen LogP contribution in [0.2, 0.25) is 0 Å². The molecule has 1 N–H and O–H groups in total. The maximum atomic E-state index is 12.0. The minimum Gasteiger partial charge on any atom is -0.443 e. The van der Waals surface area contributed by atoms with Gasteiger partial charge in [-0.25, -0.2) is 4.79 Å². The van der Waals surface area contributed by atoms with Crippen molar-refractivity contribution in [1.82, 2.24) is 10.4 Å². The highest BCUT2D eigenvalue weighted by atomic mass is 16.7. The Bertz CT molecular complexity index is 426. The summed E-state index contributed by atoms with van der Waals surface area (Å²) in [4.78, 5) is 17.6. The Morgan fingerprint density at radius 2 is 2.21 bits per heavy atom. The number of carbonyl (C=O) groups excluding carboxylic acids is 1. The summed E-state index contributed by atoms with van der Waals surface area (Å²) in [5.41, 5.74) is 0.981. The van der Waals surface area contributed by atoms with Crippen LogP contribution in [0.1, 0.15) is 12.0 Å². The van der Waals surface area contributed by atoms with Crippen molar-refractivity contribution < 1.29 is 14.4 Å². The van der Waals surface area contributed by atoms with E-state index in [1.165, 1.54) is 5.06 Å². The fourth-order valence-electron chi connectivity index (χ4n) is 2.57. The molecule has 5 heteroatoms. The van der Waals surface area contributed by atoms with E-state index in [9.17, 15) is 4.79 Å². The summed E-state index contributed by atoms with van der Waals surface area (Å²) < 4.78 is 5.27. The molecule has 1 amide bonds. The molecule has 3 rings (SSSR count). The van der Waals surface area contributed by atoms with Gasteiger partial charge in [-0.15, -0.1) is 0 Å². The average Bonchev–Trinajstić information content (AvgIpc) is 2.45. The van der Waals surface area contributed by atoms with Crippen LogP contribution < -0.4 is 5.32 Å². The Balaban J connectivity index is 1.53. The zero-order valence-corrected chi connectivity index (χ0v) is 10.7. The van der Waals surface area contributed by atoms with Crippen LogP contribution in [0, 0.1) is 5.92 Å². The van der Waals surface area contributed by atoms with Crippen LogP contribution in [-0.2, 0) is 16.2 Å². The van der Waals surface area contributed by atoms with Gasteiger partial charge >= 0.3 is 6.09 Å². The lowest BCUT2D eigenvalue weighted by atomic mass is 9.96. The van der Waals surface area contributed by atoms with E-state index < -0.39 is 0 Å². The third kappa shape index (κ3) is 3.05. The van der Waals surface area contributed by atoms with Gasteiger partial charge in [-0.1, -0.05) is 30.3 Å². The Morgan fingerprint density at radius 1 is 1.37 bits per heavy atom. The number of hydrogen-bond acceptors (Lipinski definition) is 4. The first-order chi connectivity index (χ1) is 9.31. The third-order valence-electron chi connectivity index (χ3n) is 3.51. The first-order valence-electron chi connectivity index (χ1n) is 6.67. The molecule has 2 bridgehead atoms. The quantitative estimate of drug-likeness (QED) is 0.878. The number of benzene rings is 1. The number of piperidine rings is 1. The maximum Gasteiger partial charge on any atom is 0.434 e. The monoisotopic (exact) mass is 262 g/mol. The highest BCUT2D eigenvalue weighted by molar-refractivity contribution is 5.66. The number of fused-ring (bicyclic) bond motifs is 2. The Kier molecular flexibility index (Phi) is 3.66. The number of nitrogens with zero attached hydrogens (tertiary/aromatic N) is 1. The molecule has 1 aromatic carbocycles. The van der Waals surface area contributed by atoms with Crippen molar-refractivity contribution in [2.24, 2.45) is 5.92 Å². The molecule has 0 saturated carbocycles. The summed E-state index contributed by atoms with van der Waals surface area (Å²) in [6, 6.07) is 9.66. The van der Waals surface area contributed by atoms with Crippen molar-refractivity contribution in [3.8, 4) is 0 Å². The molecule has 1 aromatic rings. The standard InChI is InChI=1S/C14H18N2O3/c17-14(18-10-11-4-2-1-3-5-11)16-9-12-6-13(19-16)8-15-7-12/h1-5,12-13,15H,6-10H2. The predicted molar refractivity (Wildman–Crippen MR) is 69.2 cm³/mol. The van der Waals surface area contributed by atoms with E-state index in [1.54, 1.807) is 0 Å². The zero-order valence-electron chi connectivity index (χ0n) is 10.7. The summed E-state index contributed by atoms with van der Waals surface area (Å²) in [6.45, 7) is 2.64. The number of amides is 1. The molecule has 2 heterocycles. The number of ether oxygens (including phenoxy) is 1. The normalized spacial score (nSPS) is 26.0. The molecule has 0 aromatic heterocycles. The largest absolute Gasteiger partial charge is 0.443 e. The van der Waals surface area contributed by atoms with Crippen LogP contribution in [0.3, 0.4) is 0 Å². The molecule has 102 valence electrons. The number of hydroxylamine groups is 2. The van der Waals surface area contributed by atoms with Gasteiger partial charge in [-0.2, -0.15) is 5.06 Å². The third-order valence-corrected chi connectivity index (χ3v) is 3.51. The summed E-state index contributed by atoms with van der Waals surface area (Å²) >= 11 is 0. The lowest BCUT2D eigenvalue weighted by Gasteiger charge is -2.40. The van der Waals surface area contributed by atoms with Crippen LogP contribution in [0.25, 0.3) is 0 Å². The van der Waals surface area contributed by atoms with Gasteiger partial charge in [0.15, 0.2) is 0 Å². The van der Waals surface area contributed by atoms with E-state index in [0.717, 1.165) is 25.1 Å². The number of rotatable bonds is 2. The maximum absolute atomic E-state index is 12.0. The SMILES string of the molecule is O=C(OCc1ccccc1)N1CC2CNCC(C2)O1. The first kappa shape index (κ1) is 12.4. The Labute approximate surface area is 112 Å². The van der Waals surface area contributed by atoms with Gasteiger partial charge in [-0.05, 0) is 24.4 Å². The van der Waals surface area contributed by atoms with Crippen molar-refractivity contribution in [2.45, 2.75) is 19.1 Å². The van der Waals surface area contributed by atoms with Gasteiger partial charge in [0.25, 0.3) is 0 Å². The van der Waals surface area contributed by atoms with Crippen molar-refractivity contribution in [3.63, 3.8) is 0 Å². The van der Waals surface area contributed by atoms with Gasteiger partial charge in [0.2, 0.25) is 0 Å². The van der Waals surface area contributed by atoms with E-state index in [1.807, 2.05) is 30.3 Å². The zero-order chi connectivity index (χ0) is 13.1. The molecule has 2 saturated heterocycles. The van der Waals surface area contributed by atoms with Crippen molar-refractivity contribution in [3.05, 3.63) is 35.9 Å². The predicted octanol–water partition coefficient (Wildman–Crippen LogP) is 1.55. The molecule has 5 nitrogen and oxygen atoms in total. The van der Waals surface area contributed by atoms with Crippen molar-refractivity contribution in [1.29, 1.82) is 0 Å². The Morgan fingerprint density at radius 3 is 3.00 bits per heavy atom. The Hall–Kier alpha value is -1.59. The van der Waals surface area contributed by atoms with Crippen LogP contribution in [0.15, 0.2) is 30.3 Å². The molecule has 2 atom stereocenters. The number of carbonyl (C=O) groups is 1. The minimum atomic E-state index is -0.388. The summed E-state index contributed by atoms with van der Waals surface area (Å²) in [5, 5.41) is 4.68. The molecule has 0 spiro atoms. The highest BCUT2D eigenvalue weighted by Crippen LogP contribution is 2.22. The summed E-state index contributed by atoms with van der Waals surface area (Å²) in [5.74, 6) is 0.469. The molecule has 2 aliphatic rings. The van der Waals surface area contributed by atoms with Crippen LogP contribution in [0.4, 0.5) is 4.79 Å². The van der Waals surface area contributed by atoms with Gasteiger partial charge in [0, 0.05) is 6.54 Å². The van der Waals surface area contributed by atoms with Gasteiger partial charge in [0.1, 0.15) is 6.61 Å². The second-order valence-electron chi connectivity index (χ2n) is 5.09. The lowest BCUT2D eigenvalue weighted by Crippen LogP contribution is -2.54. The fraction of sp³-hybridized carbons (Fsp3) is 0.500. The topological polar surface area (TPSA) is 50.8 Å². The highest BCUT2D eigenvalue weighted by Gasteiger charge is 2.34. The first-order valence-corrected chi connectivity index (χ1v) is 6.67. The molecule has 0 aliphatic carbocycles. The van der Waals surface area contributed by atoms with Crippen LogP contribution in [0.5, 0.6) is 0 Å². The second-order valence-corrected chi connectivity index (χ2v) is 5.09. The van der Waals surface area contributed by atoms with E-state index >= 15 is 0 Å². The fourth-order valence-corrected chi connectivity index (χ4v) is 2.57. The summed E-state index contributed by atoms with van der Waals surface area (Å²) in [7, 11) is 0. The molecule has 2 aliphatic heterocycles. The van der Waals surface area contributed by atoms with Gasteiger partial charge < -0.3 is 10.1 Å². The molecule has 19 heavy (non-hydrogen) atoms. The van der Waals surface area contributed by atoms with E-state index in [-0.39, 0.29) is 18.8 Å². The van der Waals surface area contributed by atoms with Crippen LogP contribution >= 0.6 is 0 Å². The molecule has 2 fully saturated rings.